The van der Waals surface area contributed by atoms with Gasteiger partial charge >= 0.3 is 30.9 Å². The standard InChI is InChI=1S/C11H18N2O5.Li.H/c1-11(2,3)18-10(17)12-4-5-13(7-14)8(6-12)9(15)16;;/h7-8H,4-6H2,1-3H3,(H,15,16);;/q;+1;-1. The molecule has 1 heterocycles. The van der Waals surface area contributed by atoms with Crippen molar-refractivity contribution in [3.8, 4) is 0 Å². The fourth-order valence-electron chi connectivity index (χ4n) is 1.64. The molecule has 1 unspecified atom stereocenters. The van der Waals surface area contributed by atoms with Crippen LogP contribution in [0.15, 0.2) is 0 Å². The Morgan fingerprint density at radius 3 is 2.37 bits per heavy atom. The summed E-state index contributed by atoms with van der Waals surface area (Å²) in [5.74, 6) is -1.13. The molecule has 0 radical (unpaired) electrons. The number of hydrogen-bond donors (Lipinski definition) is 1. The van der Waals surface area contributed by atoms with Gasteiger partial charge in [-0.1, -0.05) is 0 Å². The van der Waals surface area contributed by atoms with E-state index in [2.05, 4.69) is 0 Å². The van der Waals surface area contributed by atoms with Gasteiger partial charge in [-0.25, -0.2) is 9.59 Å². The van der Waals surface area contributed by atoms with Gasteiger partial charge in [0.1, 0.15) is 11.6 Å². The number of piperazine rings is 1. The average Bonchev–Trinajstić information content (AvgIpc) is 2.25. The van der Waals surface area contributed by atoms with Crippen LogP contribution < -0.4 is 18.9 Å². The van der Waals surface area contributed by atoms with Gasteiger partial charge in [-0.2, -0.15) is 0 Å². The molecule has 0 aromatic heterocycles. The number of aliphatic carboxylic acids is 1. The quantitative estimate of drug-likeness (QED) is 0.433. The summed E-state index contributed by atoms with van der Waals surface area (Å²) in [6.07, 6.45) is -0.0649. The third-order valence-electron chi connectivity index (χ3n) is 2.49. The SMILES string of the molecule is CC(C)(C)OC(=O)N1CCN(C=O)C(C(=O)O)C1.[H-].[Li+]. The fraction of sp³-hybridized carbons (Fsp3) is 0.727. The summed E-state index contributed by atoms with van der Waals surface area (Å²) in [6.45, 7) is 5.63. The Labute approximate surface area is 125 Å². The number of nitrogens with zero attached hydrogens (tertiary/aromatic N) is 2. The number of carbonyl (C=O) groups is 3. The molecular weight excluding hydrogens is 247 g/mol. The van der Waals surface area contributed by atoms with Crippen LogP contribution >= 0.6 is 0 Å². The van der Waals surface area contributed by atoms with E-state index >= 15 is 0 Å². The summed E-state index contributed by atoms with van der Waals surface area (Å²) in [7, 11) is 0. The van der Waals surface area contributed by atoms with Crippen LogP contribution in [0.25, 0.3) is 0 Å². The Hall–Kier alpha value is -1.19. The summed E-state index contributed by atoms with van der Waals surface area (Å²) in [5.41, 5.74) is -0.627. The molecule has 8 heteroatoms. The first-order valence-corrected chi connectivity index (χ1v) is 5.66. The normalized spacial score (nSPS) is 19.4. The van der Waals surface area contributed by atoms with Gasteiger partial charge in [-0.3, -0.25) is 4.79 Å². The molecule has 0 aromatic rings. The van der Waals surface area contributed by atoms with Crippen LogP contribution in [0.4, 0.5) is 4.79 Å². The molecule has 0 aliphatic carbocycles. The van der Waals surface area contributed by atoms with E-state index in [-0.39, 0.29) is 39.9 Å². The Morgan fingerprint density at radius 2 is 1.95 bits per heavy atom. The average molecular weight is 266 g/mol. The van der Waals surface area contributed by atoms with Gasteiger partial charge in [0.2, 0.25) is 6.41 Å². The third kappa shape index (κ3) is 5.13. The summed E-state index contributed by atoms with van der Waals surface area (Å²) in [6, 6.07) is -1.01. The Kier molecular flexibility index (Phi) is 6.40. The summed E-state index contributed by atoms with van der Waals surface area (Å²) in [4.78, 5) is 36.0. The first-order valence-electron chi connectivity index (χ1n) is 5.66. The molecule has 2 amide bonds. The van der Waals surface area contributed by atoms with Crippen LogP contribution in [0.2, 0.25) is 0 Å². The predicted octanol–water partition coefficient (Wildman–Crippen LogP) is -2.73. The van der Waals surface area contributed by atoms with Crippen molar-refractivity contribution < 1.29 is 44.5 Å². The van der Waals surface area contributed by atoms with Crippen molar-refractivity contribution in [3.63, 3.8) is 0 Å². The Bertz CT molecular complexity index is 361. The number of amides is 2. The van der Waals surface area contributed by atoms with E-state index < -0.39 is 23.7 Å². The molecule has 0 saturated carbocycles. The van der Waals surface area contributed by atoms with Crippen LogP contribution in [0, 0.1) is 0 Å². The minimum absolute atomic E-state index is 0. The zero-order valence-electron chi connectivity index (χ0n) is 12.8. The summed E-state index contributed by atoms with van der Waals surface area (Å²) >= 11 is 0. The van der Waals surface area contributed by atoms with Crippen molar-refractivity contribution in [1.82, 2.24) is 9.80 Å². The minimum Gasteiger partial charge on any atom is -1.00 e. The van der Waals surface area contributed by atoms with Crippen LogP contribution in [0.5, 0.6) is 0 Å². The van der Waals surface area contributed by atoms with Crippen LogP contribution in [-0.4, -0.2) is 64.7 Å². The van der Waals surface area contributed by atoms with Crippen LogP contribution in [0.3, 0.4) is 0 Å². The van der Waals surface area contributed by atoms with Gasteiger partial charge in [0.25, 0.3) is 0 Å². The van der Waals surface area contributed by atoms with Gasteiger partial charge in [-0.05, 0) is 20.8 Å². The van der Waals surface area contributed by atoms with Crippen molar-refractivity contribution in [2.45, 2.75) is 32.4 Å². The smallest absolute Gasteiger partial charge is 1.00 e. The first-order chi connectivity index (χ1) is 8.24. The number of ether oxygens (including phenoxy) is 1. The van der Waals surface area contributed by atoms with Crippen molar-refractivity contribution in [3.05, 3.63) is 0 Å². The molecule has 7 nitrogen and oxygen atoms in total. The molecule has 1 aliphatic rings. The summed E-state index contributed by atoms with van der Waals surface area (Å²) < 4.78 is 5.16. The predicted molar refractivity (Wildman–Crippen MR) is 63.1 cm³/mol. The van der Waals surface area contributed by atoms with E-state index in [1.807, 2.05) is 0 Å². The van der Waals surface area contributed by atoms with Gasteiger partial charge in [0.05, 0.1) is 6.54 Å². The monoisotopic (exact) mass is 266 g/mol. The molecule has 1 aliphatic heterocycles. The molecule has 1 saturated heterocycles. The zero-order chi connectivity index (χ0) is 13.9. The van der Waals surface area contributed by atoms with Crippen LogP contribution in [-0.2, 0) is 14.3 Å². The fourth-order valence-corrected chi connectivity index (χ4v) is 1.64. The second-order valence-electron chi connectivity index (χ2n) is 5.12. The van der Waals surface area contributed by atoms with Crippen molar-refractivity contribution >= 4 is 18.5 Å². The van der Waals surface area contributed by atoms with Crippen molar-refractivity contribution in [1.29, 1.82) is 0 Å². The van der Waals surface area contributed by atoms with Crippen molar-refractivity contribution in [2.75, 3.05) is 19.6 Å². The van der Waals surface area contributed by atoms with E-state index in [0.717, 1.165) is 0 Å². The minimum atomic E-state index is -1.13. The number of carboxylic acid groups (broad SMARTS) is 1. The van der Waals surface area contributed by atoms with E-state index in [0.29, 0.717) is 6.41 Å². The van der Waals surface area contributed by atoms with Gasteiger partial charge in [0.15, 0.2) is 0 Å². The molecule has 104 valence electrons. The first kappa shape index (κ1) is 17.8. The molecule has 1 N–H and O–H groups in total. The molecule has 19 heavy (non-hydrogen) atoms. The maximum atomic E-state index is 11.8. The largest absolute Gasteiger partial charge is 1.00 e. The van der Waals surface area contributed by atoms with Gasteiger partial charge < -0.3 is 21.1 Å². The van der Waals surface area contributed by atoms with E-state index in [1.54, 1.807) is 20.8 Å². The molecule has 1 atom stereocenters. The number of rotatable bonds is 2. The van der Waals surface area contributed by atoms with E-state index in [9.17, 15) is 14.4 Å². The molecule has 0 aromatic carbocycles. The topological polar surface area (TPSA) is 87.2 Å². The Morgan fingerprint density at radius 1 is 1.37 bits per heavy atom. The number of hydrogen-bond acceptors (Lipinski definition) is 4. The molecule has 0 spiro atoms. The van der Waals surface area contributed by atoms with Crippen molar-refractivity contribution in [2.24, 2.45) is 0 Å². The Balaban J connectivity index is 0. The molecule has 1 fully saturated rings. The number of carbonyl (C=O) groups excluding carboxylic acids is 2. The zero-order valence-corrected chi connectivity index (χ0v) is 11.8. The molecule has 0 bridgehead atoms. The second kappa shape index (κ2) is 6.82. The maximum absolute atomic E-state index is 11.8. The second-order valence-corrected chi connectivity index (χ2v) is 5.12. The van der Waals surface area contributed by atoms with Gasteiger partial charge in [-0.15, -0.1) is 0 Å². The molecular formula is C11H19LiN2O5. The van der Waals surface area contributed by atoms with Gasteiger partial charge in [0, 0.05) is 13.1 Å². The third-order valence-corrected chi connectivity index (χ3v) is 2.49. The van der Waals surface area contributed by atoms with E-state index in [4.69, 9.17) is 9.84 Å². The van der Waals surface area contributed by atoms with Crippen LogP contribution in [0.1, 0.15) is 22.2 Å². The maximum Gasteiger partial charge on any atom is 1.00 e. The van der Waals surface area contributed by atoms with E-state index in [1.165, 1.54) is 9.80 Å². The summed E-state index contributed by atoms with van der Waals surface area (Å²) in [5, 5.41) is 8.99. The number of carboxylic acids is 1. The molecule has 1 rings (SSSR count).